The van der Waals surface area contributed by atoms with Gasteiger partial charge in [0.25, 0.3) is 11.1 Å². The van der Waals surface area contributed by atoms with Gasteiger partial charge in [-0.3, -0.25) is 14.5 Å². The van der Waals surface area contributed by atoms with Gasteiger partial charge in [0.1, 0.15) is 24.7 Å². The van der Waals surface area contributed by atoms with E-state index in [1.54, 1.807) is 6.08 Å². The monoisotopic (exact) mass is 677 g/mol. The Morgan fingerprint density at radius 1 is 1.03 bits per heavy atom. The Morgan fingerprint density at radius 2 is 1.74 bits per heavy atom. The molecule has 1 aliphatic heterocycles. The maximum absolute atomic E-state index is 13.0. The van der Waals surface area contributed by atoms with Crippen LogP contribution in [0.15, 0.2) is 68.4 Å². The van der Waals surface area contributed by atoms with Crippen LogP contribution < -0.4 is 9.47 Å². The molecule has 5 nitrogen and oxygen atoms in total. The lowest BCUT2D eigenvalue weighted by molar-refractivity contribution is -0.123. The molecule has 1 fully saturated rings. The summed E-state index contributed by atoms with van der Waals surface area (Å²) >= 11 is 14.3. The second-order valence-corrected chi connectivity index (χ2v) is 12.2. The molecule has 1 aliphatic rings. The highest BCUT2D eigenvalue weighted by Gasteiger charge is 2.35. The van der Waals surface area contributed by atoms with Gasteiger partial charge in [-0.05, 0) is 103 Å². The Morgan fingerprint density at radius 3 is 2.42 bits per heavy atom. The minimum atomic E-state index is -0.330. The Labute approximate surface area is 248 Å². The number of ether oxygens (including phenoxy) is 2. The number of thioether (sulfide) groups is 1. The Bertz CT molecular complexity index is 1390. The molecule has 0 unspecified atom stereocenters. The Kier molecular flexibility index (Phi) is 9.63. The Balaban J connectivity index is 1.42. The van der Waals surface area contributed by atoms with E-state index in [1.165, 1.54) is 4.90 Å². The first-order valence-corrected chi connectivity index (χ1v) is 14.8. The summed E-state index contributed by atoms with van der Waals surface area (Å²) in [4.78, 5) is 27.2. The first-order valence-electron chi connectivity index (χ1n) is 12.0. The van der Waals surface area contributed by atoms with E-state index in [-0.39, 0.29) is 24.3 Å². The van der Waals surface area contributed by atoms with Gasteiger partial charge >= 0.3 is 0 Å². The maximum atomic E-state index is 13.0. The summed E-state index contributed by atoms with van der Waals surface area (Å²) in [6.07, 6.45) is 1.70. The van der Waals surface area contributed by atoms with E-state index < -0.39 is 0 Å². The smallest absolute Gasteiger partial charge is 0.293 e. The molecule has 0 spiro atoms. The van der Waals surface area contributed by atoms with Crippen LogP contribution in [0.3, 0.4) is 0 Å². The molecular weight excluding hydrogens is 654 g/mol. The lowest BCUT2D eigenvalue weighted by Gasteiger charge is -2.17. The van der Waals surface area contributed by atoms with Crippen LogP contribution in [0.5, 0.6) is 11.5 Å². The molecule has 0 aliphatic carbocycles. The zero-order valence-corrected chi connectivity index (χ0v) is 25.8. The third-order valence-corrected chi connectivity index (χ3v) is 8.34. The van der Waals surface area contributed by atoms with E-state index in [0.717, 1.165) is 39.8 Å². The zero-order valence-electron chi connectivity index (χ0n) is 21.1. The molecule has 3 aromatic rings. The van der Waals surface area contributed by atoms with Crippen molar-refractivity contribution in [3.63, 3.8) is 0 Å². The number of rotatable bonds is 9. The largest absolute Gasteiger partial charge is 0.491 e. The average Bonchev–Trinajstić information content (AvgIpc) is 3.11. The number of carbonyl (C=O) groups excluding carboxylic acids is 2. The van der Waals surface area contributed by atoms with Crippen LogP contribution in [0.25, 0.3) is 6.08 Å². The van der Waals surface area contributed by atoms with Gasteiger partial charge in [0.15, 0.2) is 0 Å². The third-order valence-electron chi connectivity index (χ3n) is 5.89. The second-order valence-electron chi connectivity index (χ2n) is 9.07. The van der Waals surface area contributed by atoms with Gasteiger partial charge in [0.2, 0.25) is 0 Å². The quantitative estimate of drug-likeness (QED) is 0.211. The highest BCUT2D eigenvalue weighted by Crippen LogP contribution is 2.38. The van der Waals surface area contributed by atoms with Gasteiger partial charge in [-0.1, -0.05) is 55.8 Å². The third kappa shape index (κ3) is 6.84. The molecular formula is C29H26Br2ClNO4S. The number of carbonyl (C=O) groups is 2. The molecule has 198 valence electrons. The molecule has 4 rings (SSSR count). The highest BCUT2D eigenvalue weighted by molar-refractivity contribution is 9.11. The summed E-state index contributed by atoms with van der Waals surface area (Å²) in [6.45, 7) is 6.92. The topological polar surface area (TPSA) is 55.8 Å². The first-order chi connectivity index (χ1) is 18.1. The van der Waals surface area contributed by atoms with Crippen LogP contribution in [0.1, 0.15) is 42.0 Å². The summed E-state index contributed by atoms with van der Waals surface area (Å²) in [5.74, 6) is 1.37. The summed E-state index contributed by atoms with van der Waals surface area (Å²) in [5, 5.41) is 0.327. The van der Waals surface area contributed by atoms with Crippen molar-refractivity contribution in [2.45, 2.75) is 33.3 Å². The molecule has 2 amide bonds. The van der Waals surface area contributed by atoms with Crippen molar-refractivity contribution in [3.8, 4) is 11.5 Å². The second kappa shape index (κ2) is 12.7. The number of hydrogen-bond donors (Lipinski definition) is 0. The molecule has 38 heavy (non-hydrogen) atoms. The molecule has 0 saturated carbocycles. The van der Waals surface area contributed by atoms with E-state index >= 15 is 0 Å². The normalized spacial score (nSPS) is 14.6. The molecule has 0 radical (unpaired) electrons. The van der Waals surface area contributed by atoms with Gasteiger partial charge in [-0.25, -0.2) is 0 Å². The van der Waals surface area contributed by atoms with Crippen LogP contribution in [0.4, 0.5) is 4.79 Å². The molecule has 1 heterocycles. The van der Waals surface area contributed by atoms with Crippen LogP contribution in [-0.2, 0) is 11.4 Å². The fourth-order valence-corrected chi connectivity index (χ4v) is 6.41. The zero-order chi connectivity index (χ0) is 27.4. The summed E-state index contributed by atoms with van der Waals surface area (Å²) in [5.41, 5.74) is 3.81. The predicted molar refractivity (Wildman–Crippen MR) is 161 cm³/mol. The van der Waals surface area contributed by atoms with Crippen molar-refractivity contribution in [2.75, 3.05) is 13.2 Å². The number of imide groups is 1. The van der Waals surface area contributed by atoms with Crippen LogP contribution in [-0.4, -0.2) is 29.2 Å². The minimum absolute atomic E-state index is 0.176. The SMILES string of the molecule is Cc1ccc(C(C)C)c(OCCN2C(=O)S/C(=C\c3cc(Br)c(OCc4ccccc4Cl)c(Br)c3)C2=O)c1. The fraction of sp³-hybridized carbons (Fsp3) is 0.241. The number of nitrogens with zero attached hydrogens (tertiary/aromatic N) is 1. The van der Waals surface area contributed by atoms with Crippen molar-refractivity contribution < 1.29 is 19.1 Å². The van der Waals surface area contributed by atoms with Crippen molar-refractivity contribution in [1.82, 2.24) is 4.90 Å². The van der Waals surface area contributed by atoms with Gasteiger partial charge < -0.3 is 9.47 Å². The van der Waals surface area contributed by atoms with Crippen molar-refractivity contribution in [1.29, 1.82) is 0 Å². The lowest BCUT2D eigenvalue weighted by Crippen LogP contribution is -2.32. The lowest BCUT2D eigenvalue weighted by atomic mass is 10.0. The van der Waals surface area contributed by atoms with Gasteiger partial charge in [0.05, 0.1) is 20.4 Å². The molecule has 0 bridgehead atoms. The van der Waals surface area contributed by atoms with Crippen LogP contribution in [0, 0.1) is 6.92 Å². The van der Waals surface area contributed by atoms with Crippen LogP contribution >= 0.6 is 55.2 Å². The number of aryl methyl sites for hydroxylation is 1. The first kappa shape index (κ1) is 28.7. The van der Waals surface area contributed by atoms with Crippen LogP contribution in [0.2, 0.25) is 5.02 Å². The van der Waals surface area contributed by atoms with Gasteiger partial charge in [0, 0.05) is 10.6 Å². The van der Waals surface area contributed by atoms with E-state index in [2.05, 4.69) is 57.8 Å². The molecule has 0 aromatic heterocycles. The summed E-state index contributed by atoms with van der Waals surface area (Å²) in [7, 11) is 0. The van der Waals surface area contributed by atoms with E-state index in [0.29, 0.717) is 37.1 Å². The number of amides is 2. The van der Waals surface area contributed by atoms with E-state index in [9.17, 15) is 9.59 Å². The molecule has 9 heteroatoms. The number of halogens is 3. The van der Waals surface area contributed by atoms with Crippen molar-refractivity contribution in [3.05, 3.63) is 95.7 Å². The Hall–Kier alpha value is -2.26. The molecule has 0 N–H and O–H groups in total. The standard InChI is InChI=1S/C29H26Br2ClNO4S/c1-17(2)21-9-8-18(3)12-25(21)36-11-10-33-28(34)26(38-29(33)35)15-19-13-22(30)27(23(31)14-19)37-16-20-6-4-5-7-24(20)32/h4-9,12-15,17H,10-11,16H2,1-3H3/b26-15-. The molecule has 0 atom stereocenters. The number of benzene rings is 3. The van der Waals surface area contributed by atoms with E-state index in [4.69, 9.17) is 21.1 Å². The van der Waals surface area contributed by atoms with Crippen molar-refractivity contribution >= 4 is 72.4 Å². The maximum Gasteiger partial charge on any atom is 0.293 e. The predicted octanol–water partition coefficient (Wildman–Crippen LogP) is 8.99. The van der Waals surface area contributed by atoms with Gasteiger partial charge in [-0.15, -0.1) is 0 Å². The fourth-order valence-electron chi connectivity index (χ4n) is 3.90. The highest BCUT2D eigenvalue weighted by atomic mass is 79.9. The number of hydrogen-bond acceptors (Lipinski definition) is 5. The summed E-state index contributed by atoms with van der Waals surface area (Å²) < 4.78 is 13.4. The summed E-state index contributed by atoms with van der Waals surface area (Å²) in [6, 6.07) is 17.3. The average molecular weight is 680 g/mol. The molecule has 1 saturated heterocycles. The van der Waals surface area contributed by atoms with Gasteiger partial charge in [-0.2, -0.15) is 0 Å². The molecule has 3 aromatic carbocycles. The minimum Gasteiger partial charge on any atom is -0.491 e. The van der Waals surface area contributed by atoms with Crippen molar-refractivity contribution in [2.24, 2.45) is 0 Å². The van der Waals surface area contributed by atoms with E-state index in [1.807, 2.05) is 49.4 Å².